The van der Waals surface area contributed by atoms with Gasteiger partial charge in [0.1, 0.15) is 0 Å². The van der Waals surface area contributed by atoms with Gasteiger partial charge in [-0.05, 0) is 19.2 Å². The SMILES string of the molecule is CC1=CCN(C)C=C1.[O-][Cl+3]([O-])([O-])O. The molecule has 0 saturated heterocycles. The van der Waals surface area contributed by atoms with Gasteiger partial charge in [-0.25, -0.2) is 0 Å². The molecule has 1 aliphatic rings. The monoisotopic (exact) mass is 209 g/mol. The van der Waals surface area contributed by atoms with E-state index in [1.165, 1.54) is 5.57 Å². The summed E-state index contributed by atoms with van der Waals surface area (Å²) in [4.78, 5) is 2.15. The van der Waals surface area contributed by atoms with Gasteiger partial charge in [-0.2, -0.15) is 14.0 Å². The first kappa shape index (κ1) is 12.4. The lowest BCUT2D eigenvalue weighted by molar-refractivity contribution is -1.92. The van der Waals surface area contributed by atoms with Crippen molar-refractivity contribution in [2.24, 2.45) is 0 Å². The average Bonchev–Trinajstić information content (AvgIpc) is 1.92. The van der Waals surface area contributed by atoms with Gasteiger partial charge in [0.25, 0.3) is 0 Å². The van der Waals surface area contributed by atoms with Crippen molar-refractivity contribution in [1.29, 1.82) is 0 Å². The minimum Gasteiger partial charge on any atom is -0.377 e. The van der Waals surface area contributed by atoms with Crippen molar-refractivity contribution in [3.8, 4) is 0 Å². The first-order valence-electron chi connectivity index (χ1n) is 3.47. The largest absolute Gasteiger partial charge is 0.377 e. The zero-order valence-electron chi connectivity index (χ0n) is 7.44. The lowest BCUT2D eigenvalue weighted by Gasteiger charge is -2.14. The van der Waals surface area contributed by atoms with Crippen molar-refractivity contribution >= 4 is 0 Å². The summed E-state index contributed by atoms with van der Waals surface area (Å²) in [6.07, 6.45) is 6.42. The molecule has 0 unspecified atom stereocenters. The summed E-state index contributed by atoms with van der Waals surface area (Å²) in [6, 6.07) is 0. The maximum absolute atomic E-state index is 8.60. The van der Waals surface area contributed by atoms with E-state index in [-0.39, 0.29) is 0 Å². The summed E-state index contributed by atoms with van der Waals surface area (Å²) in [5.74, 6) is 0. The van der Waals surface area contributed by atoms with Crippen LogP contribution in [0.3, 0.4) is 0 Å². The maximum atomic E-state index is 8.60. The highest BCUT2D eigenvalue weighted by molar-refractivity contribution is 5.19. The Balaban J connectivity index is 0.000000252. The highest BCUT2D eigenvalue weighted by Gasteiger charge is 1.98. The Morgan fingerprint density at radius 2 is 1.92 bits per heavy atom. The molecule has 0 aliphatic carbocycles. The highest BCUT2D eigenvalue weighted by atomic mass is 35.7. The van der Waals surface area contributed by atoms with E-state index in [9.17, 15) is 0 Å². The molecule has 13 heavy (non-hydrogen) atoms. The molecule has 0 aromatic heterocycles. The Bertz CT molecular complexity index is 203. The van der Waals surface area contributed by atoms with Crippen LogP contribution in [0, 0.1) is 10.2 Å². The summed E-state index contributed by atoms with van der Waals surface area (Å²) in [5, 5.41) is 0. The standard InChI is InChI=1S/C7H11N.ClHO4/c1-7-3-5-8(2)6-4-7;2-1(3,4)5/h3-5H,6H2,1-2H3;(H,2,3,4,5). The maximum Gasteiger partial charge on any atom is 0.0777 e. The number of rotatable bonds is 0. The summed E-state index contributed by atoms with van der Waals surface area (Å²) < 4.78 is 32.7. The molecule has 0 aromatic rings. The fraction of sp³-hybridized carbons (Fsp3) is 0.429. The third-order valence-corrected chi connectivity index (χ3v) is 1.29. The second kappa shape index (κ2) is 5.21. The molecule has 1 N–H and O–H groups in total. The van der Waals surface area contributed by atoms with Crippen molar-refractivity contribution in [2.45, 2.75) is 6.92 Å². The van der Waals surface area contributed by atoms with Gasteiger partial charge in [0, 0.05) is 13.6 Å². The predicted octanol–water partition coefficient (Wildman–Crippen LogP) is -2.73. The van der Waals surface area contributed by atoms with Crippen LogP contribution in [-0.2, 0) is 0 Å². The Morgan fingerprint density at radius 3 is 2.15 bits per heavy atom. The van der Waals surface area contributed by atoms with Gasteiger partial charge in [0.2, 0.25) is 0 Å². The number of nitrogens with zero attached hydrogens (tertiary/aromatic N) is 1. The van der Waals surface area contributed by atoms with E-state index in [0.29, 0.717) is 0 Å². The van der Waals surface area contributed by atoms with Gasteiger partial charge in [-0.15, -0.1) is 0 Å². The number of halogens is 1. The van der Waals surface area contributed by atoms with Crippen LogP contribution in [-0.4, -0.2) is 23.2 Å². The molecule has 0 fully saturated rings. The Hall–Kier alpha value is -0.590. The number of hydrogen-bond acceptors (Lipinski definition) is 5. The van der Waals surface area contributed by atoms with E-state index >= 15 is 0 Å². The topological polar surface area (TPSA) is 92.7 Å². The molecule has 0 spiro atoms. The molecule has 0 amide bonds. The van der Waals surface area contributed by atoms with Crippen LogP contribution in [0.4, 0.5) is 0 Å². The van der Waals surface area contributed by atoms with Crippen molar-refractivity contribution < 1.29 is 28.9 Å². The highest BCUT2D eigenvalue weighted by Crippen LogP contribution is 2.02. The fourth-order valence-electron chi connectivity index (χ4n) is 0.662. The molecular formula is C7H12ClNO4. The van der Waals surface area contributed by atoms with Crippen molar-refractivity contribution in [1.82, 2.24) is 4.90 Å². The summed E-state index contributed by atoms with van der Waals surface area (Å²) in [6.45, 7) is 3.17. The van der Waals surface area contributed by atoms with Crippen LogP contribution in [0.5, 0.6) is 0 Å². The molecule has 1 rings (SSSR count). The molecule has 0 saturated carbocycles. The van der Waals surface area contributed by atoms with Crippen molar-refractivity contribution in [3.63, 3.8) is 0 Å². The zero-order valence-corrected chi connectivity index (χ0v) is 8.19. The number of allylic oxidation sites excluding steroid dienone is 2. The first-order valence-corrected chi connectivity index (χ1v) is 4.74. The third-order valence-electron chi connectivity index (χ3n) is 1.29. The van der Waals surface area contributed by atoms with Crippen LogP contribution in [0.2, 0.25) is 0 Å². The summed E-state index contributed by atoms with van der Waals surface area (Å²) in [5.41, 5.74) is 1.36. The van der Waals surface area contributed by atoms with Gasteiger partial charge in [0.15, 0.2) is 0 Å². The summed E-state index contributed by atoms with van der Waals surface area (Å²) >= 11 is 0. The molecule has 0 bridgehead atoms. The van der Waals surface area contributed by atoms with Crippen molar-refractivity contribution in [2.75, 3.05) is 13.6 Å². The van der Waals surface area contributed by atoms with E-state index in [2.05, 4.69) is 37.2 Å². The molecular weight excluding hydrogens is 198 g/mol. The first-order chi connectivity index (χ1) is 5.79. The Labute approximate surface area is 78.9 Å². The van der Waals surface area contributed by atoms with Crippen LogP contribution in [0.25, 0.3) is 0 Å². The van der Waals surface area contributed by atoms with Crippen LogP contribution >= 0.6 is 0 Å². The molecule has 0 aromatic carbocycles. The molecule has 6 heteroatoms. The lowest BCUT2D eigenvalue weighted by atomic mass is 10.2. The quantitative estimate of drug-likeness (QED) is 0.468. The van der Waals surface area contributed by atoms with Gasteiger partial charge in [0.05, 0.1) is 14.9 Å². The third kappa shape index (κ3) is 11.4. The van der Waals surface area contributed by atoms with Crippen LogP contribution < -0.4 is 14.0 Å². The second-order valence-electron chi connectivity index (χ2n) is 2.60. The minimum atomic E-state index is -4.69. The normalized spacial score (nSPS) is 16.2. The van der Waals surface area contributed by atoms with E-state index in [0.717, 1.165) is 6.54 Å². The lowest BCUT2D eigenvalue weighted by Crippen LogP contribution is -2.58. The van der Waals surface area contributed by atoms with Crippen molar-refractivity contribution in [3.05, 3.63) is 23.9 Å². The van der Waals surface area contributed by atoms with E-state index in [1.54, 1.807) is 0 Å². The second-order valence-corrected chi connectivity index (χ2v) is 3.39. The van der Waals surface area contributed by atoms with Gasteiger partial charge < -0.3 is 4.90 Å². The molecule has 76 valence electrons. The zero-order chi connectivity index (χ0) is 10.5. The van der Waals surface area contributed by atoms with E-state index in [4.69, 9.17) is 18.6 Å². The molecule has 5 nitrogen and oxygen atoms in total. The van der Waals surface area contributed by atoms with Crippen LogP contribution in [0.1, 0.15) is 6.92 Å². The van der Waals surface area contributed by atoms with Gasteiger partial charge in [-0.1, -0.05) is 11.6 Å². The molecule has 1 aliphatic heterocycles. The molecule has 1 heterocycles. The van der Waals surface area contributed by atoms with Gasteiger partial charge >= 0.3 is 0 Å². The Kier molecular flexibility index (Phi) is 4.97. The van der Waals surface area contributed by atoms with Gasteiger partial charge in [-0.3, -0.25) is 0 Å². The molecule has 0 atom stereocenters. The smallest absolute Gasteiger partial charge is 0.0777 e. The fourth-order valence-corrected chi connectivity index (χ4v) is 0.662. The van der Waals surface area contributed by atoms with E-state index in [1.807, 2.05) is 0 Å². The summed E-state index contributed by atoms with van der Waals surface area (Å²) in [7, 11) is -2.63. The predicted molar refractivity (Wildman–Crippen MR) is 37.7 cm³/mol. The molecule has 0 radical (unpaired) electrons. The van der Waals surface area contributed by atoms with Crippen LogP contribution in [0.15, 0.2) is 23.9 Å². The van der Waals surface area contributed by atoms with E-state index < -0.39 is 10.2 Å². The number of likely N-dealkylation sites (N-methyl/N-ethyl adjacent to an activating group) is 1. The average molecular weight is 210 g/mol. The minimum absolute atomic E-state index is 1.06. The Morgan fingerprint density at radius 1 is 1.46 bits per heavy atom. The number of hydrogen-bond donors (Lipinski definition) is 1.